The average molecular weight is 384 g/mol. The Morgan fingerprint density at radius 1 is 1.45 bits per heavy atom. The largest absolute Gasteiger partial charge is 0.294 e. The Morgan fingerprint density at radius 2 is 2.10 bits per heavy atom. The van der Waals surface area contributed by atoms with Gasteiger partial charge in [-0.3, -0.25) is 19.3 Å². The summed E-state index contributed by atoms with van der Waals surface area (Å²) < 4.78 is 13.4. The molecule has 2 rings (SSSR count). The molecule has 9 heteroatoms. The van der Waals surface area contributed by atoms with Crippen LogP contribution in [0.4, 0.5) is 0 Å². The molecule has 2 aliphatic rings. The summed E-state index contributed by atoms with van der Waals surface area (Å²) in [6, 6.07) is 0. The molecule has 2 fully saturated rings. The molecule has 1 aliphatic carbocycles. The van der Waals surface area contributed by atoms with Gasteiger partial charge >= 0.3 is 0 Å². The van der Waals surface area contributed by atoms with Crippen molar-refractivity contribution in [3.05, 3.63) is 0 Å². The topological polar surface area (TPSA) is 92.5 Å². The van der Waals surface area contributed by atoms with Crippen LogP contribution in [0, 0.1) is 11.8 Å². The molecule has 2 unspecified atom stereocenters. The highest BCUT2D eigenvalue weighted by molar-refractivity contribution is 9.50. The lowest BCUT2D eigenvalue weighted by Gasteiger charge is -2.29. The van der Waals surface area contributed by atoms with Gasteiger partial charge in [-0.1, -0.05) is 10.2 Å². The van der Waals surface area contributed by atoms with Gasteiger partial charge in [0, 0.05) is 12.5 Å². The Bertz CT molecular complexity index is 416. The molecule has 0 spiro atoms. The minimum Gasteiger partial charge on any atom is -0.294 e. The molecule has 0 bridgehead atoms. The van der Waals surface area contributed by atoms with Gasteiger partial charge in [0.1, 0.15) is 15.6 Å². The van der Waals surface area contributed by atoms with E-state index < -0.39 is 11.0 Å². The Hall–Kier alpha value is -0.120. The minimum atomic E-state index is -1.25. The van der Waals surface area contributed by atoms with Crippen molar-refractivity contribution in [2.45, 2.75) is 36.7 Å². The van der Waals surface area contributed by atoms with E-state index in [-0.39, 0.29) is 22.3 Å². The highest BCUT2D eigenvalue weighted by Crippen LogP contribution is 2.35. The number of nitrogens with two attached hydrogens (primary N) is 1. The summed E-state index contributed by atoms with van der Waals surface area (Å²) in [7, 11) is 0.0516. The predicted molar refractivity (Wildman–Crippen MR) is 82.6 cm³/mol. The van der Waals surface area contributed by atoms with Crippen LogP contribution in [0.2, 0.25) is 0 Å². The Labute approximate surface area is 132 Å². The smallest absolute Gasteiger partial charge is 0.236 e. The third-order valence-corrected chi connectivity index (χ3v) is 8.59. The molecule has 0 radical (unpaired) electrons. The van der Waals surface area contributed by atoms with Gasteiger partial charge in [-0.25, -0.2) is 10.1 Å². The van der Waals surface area contributed by atoms with Crippen molar-refractivity contribution in [3.8, 4) is 0 Å². The molecule has 1 saturated heterocycles. The van der Waals surface area contributed by atoms with E-state index in [4.69, 9.17) is 5.84 Å². The number of amides is 2. The first kappa shape index (κ1) is 16.3. The predicted octanol–water partition coefficient (Wildman–Crippen LogP) is 1.05. The Kier molecular flexibility index (Phi) is 5.88. The zero-order valence-corrected chi connectivity index (χ0v) is 14.1. The van der Waals surface area contributed by atoms with Gasteiger partial charge < -0.3 is 0 Å². The number of nitrogens with zero attached hydrogens (tertiary/aromatic N) is 1. The lowest BCUT2D eigenvalue weighted by atomic mass is 9.81. The highest BCUT2D eigenvalue weighted by atomic mass is 79.9. The summed E-state index contributed by atoms with van der Waals surface area (Å²) in [5.41, 5.74) is 2.19. The second-order valence-electron chi connectivity index (χ2n) is 5.18. The maximum absolute atomic E-state index is 12.1. The van der Waals surface area contributed by atoms with E-state index in [1.165, 1.54) is 14.5 Å². The first-order valence-corrected chi connectivity index (χ1v) is 10.4. The molecule has 0 aromatic carbocycles. The Morgan fingerprint density at radius 3 is 2.60 bits per heavy atom. The van der Waals surface area contributed by atoms with E-state index in [1.54, 1.807) is 0 Å². The van der Waals surface area contributed by atoms with E-state index in [9.17, 15) is 13.8 Å². The first-order valence-electron chi connectivity index (χ1n) is 6.55. The normalized spacial score (nSPS) is 34.3. The van der Waals surface area contributed by atoms with Crippen molar-refractivity contribution in [3.63, 3.8) is 0 Å². The number of hydrazine groups is 1. The van der Waals surface area contributed by atoms with Gasteiger partial charge in [0.25, 0.3) is 0 Å². The quantitative estimate of drug-likeness (QED) is 0.429. The lowest BCUT2D eigenvalue weighted by Crippen LogP contribution is -2.39. The summed E-state index contributed by atoms with van der Waals surface area (Å²) >= 11 is 3.22. The monoisotopic (exact) mass is 383 g/mol. The average Bonchev–Trinajstić information content (AvgIpc) is 2.74. The van der Waals surface area contributed by atoms with Gasteiger partial charge in [-0.2, -0.15) is 0 Å². The van der Waals surface area contributed by atoms with Crippen molar-refractivity contribution in [2.75, 3.05) is 6.54 Å². The van der Waals surface area contributed by atoms with Crippen molar-refractivity contribution >= 4 is 47.8 Å². The van der Waals surface area contributed by atoms with Gasteiger partial charge in [-0.05, 0) is 46.4 Å². The number of hydrogen-bond donors (Lipinski definition) is 2. The number of carbonyl (C=O) groups is 2. The molecule has 0 aromatic heterocycles. The standard InChI is InChI=1S/C11H18BrN3O3S2/c12-19-10-5-9(16)15(20(10)18)6-7-1-3-8(4-2-7)11(17)14-13/h7-8,10H,1-6,13H2,(H,14,17). The molecular weight excluding hydrogens is 366 g/mol. The van der Waals surface area contributed by atoms with Crippen molar-refractivity contribution in [1.82, 2.24) is 9.73 Å². The fourth-order valence-electron chi connectivity index (χ4n) is 2.76. The van der Waals surface area contributed by atoms with Crippen LogP contribution in [0.15, 0.2) is 0 Å². The highest BCUT2D eigenvalue weighted by Gasteiger charge is 2.39. The van der Waals surface area contributed by atoms with E-state index in [0.717, 1.165) is 25.7 Å². The van der Waals surface area contributed by atoms with Crippen LogP contribution in [-0.4, -0.2) is 31.5 Å². The molecule has 20 heavy (non-hydrogen) atoms. The van der Waals surface area contributed by atoms with Crippen LogP contribution >= 0.6 is 25.0 Å². The molecule has 2 atom stereocenters. The van der Waals surface area contributed by atoms with Crippen LogP contribution in [0.3, 0.4) is 0 Å². The minimum absolute atomic E-state index is 0.0260. The van der Waals surface area contributed by atoms with Crippen molar-refractivity contribution in [1.29, 1.82) is 0 Å². The maximum atomic E-state index is 12.1. The summed E-state index contributed by atoms with van der Waals surface area (Å²) in [6.45, 7) is 0.534. The molecule has 1 heterocycles. The molecule has 114 valence electrons. The third-order valence-electron chi connectivity index (χ3n) is 3.94. The van der Waals surface area contributed by atoms with Crippen molar-refractivity contribution < 1.29 is 13.8 Å². The van der Waals surface area contributed by atoms with Crippen LogP contribution < -0.4 is 11.3 Å². The first-order chi connectivity index (χ1) is 9.56. The van der Waals surface area contributed by atoms with Crippen LogP contribution in [0.25, 0.3) is 0 Å². The number of hydrogen-bond acceptors (Lipinski definition) is 5. The van der Waals surface area contributed by atoms with Crippen LogP contribution in [-0.2, 0) is 20.6 Å². The fourth-order valence-corrected chi connectivity index (χ4v) is 6.30. The van der Waals surface area contributed by atoms with Gasteiger partial charge in [0.2, 0.25) is 11.8 Å². The molecule has 1 saturated carbocycles. The Balaban J connectivity index is 1.85. The van der Waals surface area contributed by atoms with Crippen molar-refractivity contribution in [2.24, 2.45) is 17.7 Å². The van der Waals surface area contributed by atoms with E-state index in [2.05, 4.69) is 20.2 Å². The third kappa shape index (κ3) is 3.55. The van der Waals surface area contributed by atoms with Gasteiger partial charge in [0.05, 0.1) is 6.42 Å². The lowest BCUT2D eigenvalue weighted by molar-refractivity contribution is -0.127. The fraction of sp³-hybridized carbons (Fsp3) is 0.818. The number of halogens is 1. The molecular formula is C11H18BrN3O3S2. The van der Waals surface area contributed by atoms with E-state index in [1.807, 2.05) is 0 Å². The zero-order valence-electron chi connectivity index (χ0n) is 10.9. The molecule has 3 N–H and O–H groups in total. The van der Waals surface area contributed by atoms with E-state index >= 15 is 0 Å². The second kappa shape index (κ2) is 7.24. The molecule has 0 aromatic rings. The summed E-state index contributed by atoms with van der Waals surface area (Å²) in [6.07, 6.45) is 3.61. The van der Waals surface area contributed by atoms with E-state index in [0.29, 0.717) is 18.9 Å². The zero-order chi connectivity index (χ0) is 14.7. The summed E-state index contributed by atoms with van der Waals surface area (Å²) in [5, 5.41) is 0. The van der Waals surface area contributed by atoms with Gasteiger partial charge in [-0.15, -0.1) is 0 Å². The summed E-state index contributed by atoms with van der Waals surface area (Å²) in [4.78, 5) is 23.3. The van der Waals surface area contributed by atoms with Crippen LogP contribution in [0.1, 0.15) is 32.1 Å². The molecule has 6 nitrogen and oxygen atoms in total. The number of nitrogens with one attached hydrogen (secondary N) is 1. The SMILES string of the molecule is NNC(=O)C1CCC(CN2C(=O)CC(SBr)S2=O)CC1. The molecule has 1 aliphatic heterocycles. The molecule has 2 amide bonds. The van der Waals surface area contributed by atoms with Crippen LogP contribution in [0.5, 0.6) is 0 Å². The number of rotatable bonds is 4. The second-order valence-corrected chi connectivity index (χ2v) is 8.91. The van der Waals surface area contributed by atoms with Gasteiger partial charge in [0.15, 0.2) is 0 Å². The maximum Gasteiger partial charge on any atom is 0.236 e. The number of carbonyl (C=O) groups excluding carboxylic acids is 2. The summed E-state index contributed by atoms with van der Waals surface area (Å²) in [5.74, 6) is 5.28.